The SMILES string of the molecule is c1ccc2c(c1)CCC[C@H]2NCc1ccc(OCc2ccncc2)cc1. The zero-order chi connectivity index (χ0) is 17.6. The van der Waals surface area contributed by atoms with Gasteiger partial charge in [0.1, 0.15) is 12.4 Å². The Hall–Kier alpha value is -2.65. The first-order chi connectivity index (χ1) is 12.9. The highest BCUT2D eigenvalue weighted by molar-refractivity contribution is 5.33. The average Bonchev–Trinajstić information content (AvgIpc) is 2.72. The first-order valence-electron chi connectivity index (χ1n) is 9.30. The predicted octanol–water partition coefficient (Wildman–Crippen LogP) is 4.83. The van der Waals surface area contributed by atoms with E-state index in [0.717, 1.165) is 17.9 Å². The van der Waals surface area contributed by atoms with Gasteiger partial charge in [-0.25, -0.2) is 0 Å². The van der Waals surface area contributed by atoms with E-state index >= 15 is 0 Å². The zero-order valence-electron chi connectivity index (χ0n) is 14.9. The van der Waals surface area contributed by atoms with Gasteiger partial charge in [0.05, 0.1) is 0 Å². The van der Waals surface area contributed by atoms with E-state index in [4.69, 9.17) is 4.74 Å². The fourth-order valence-corrected chi connectivity index (χ4v) is 3.56. The Kier molecular flexibility index (Phi) is 5.27. The summed E-state index contributed by atoms with van der Waals surface area (Å²) < 4.78 is 5.84. The van der Waals surface area contributed by atoms with Crippen LogP contribution in [0.1, 0.15) is 41.1 Å². The lowest BCUT2D eigenvalue weighted by Crippen LogP contribution is -2.24. The summed E-state index contributed by atoms with van der Waals surface area (Å²) in [7, 11) is 0. The Bertz CT molecular complexity index is 830. The van der Waals surface area contributed by atoms with Crippen LogP contribution < -0.4 is 10.1 Å². The van der Waals surface area contributed by atoms with Gasteiger partial charge in [0.2, 0.25) is 0 Å². The third-order valence-electron chi connectivity index (χ3n) is 5.00. The van der Waals surface area contributed by atoms with Gasteiger partial charge in [-0.15, -0.1) is 0 Å². The topological polar surface area (TPSA) is 34.1 Å². The molecule has 1 N–H and O–H groups in total. The summed E-state index contributed by atoms with van der Waals surface area (Å²) in [4.78, 5) is 4.02. The summed E-state index contributed by atoms with van der Waals surface area (Å²) in [5.41, 5.74) is 5.37. The van der Waals surface area contributed by atoms with Gasteiger partial charge in [-0.2, -0.15) is 0 Å². The summed E-state index contributed by atoms with van der Waals surface area (Å²) in [6.07, 6.45) is 7.26. The Balaban J connectivity index is 1.32. The third kappa shape index (κ3) is 4.12. The Morgan fingerprint density at radius 2 is 1.73 bits per heavy atom. The predicted molar refractivity (Wildman–Crippen MR) is 104 cm³/mol. The molecule has 1 heterocycles. The Labute approximate surface area is 155 Å². The maximum absolute atomic E-state index is 5.84. The third-order valence-corrected chi connectivity index (χ3v) is 5.00. The monoisotopic (exact) mass is 344 g/mol. The number of ether oxygens (including phenoxy) is 1. The number of hydrogen-bond acceptors (Lipinski definition) is 3. The minimum atomic E-state index is 0.461. The molecular formula is C23H24N2O. The number of pyridine rings is 1. The van der Waals surface area contributed by atoms with Crippen LogP contribution in [0, 0.1) is 0 Å². The molecule has 26 heavy (non-hydrogen) atoms. The quantitative estimate of drug-likeness (QED) is 0.695. The van der Waals surface area contributed by atoms with E-state index in [0.29, 0.717) is 12.6 Å². The molecule has 0 saturated carbocycles. The van der Waals surface area contributed by atoms with E-state index in [1.54, 1.807) is 12.4 Å². The van der Waals surface area contributed by atoms with E-state index in [1.165, 1.54) is 36.0 Å². The van der Waals surface area contributed by atoms with E-state index in [-0.39, 0.29) is 0 Å². The number of hydrogen-bond donors (Lipinski definition) is 1. The lowest BCUT2D eigenvalue weighted by atomic mass is 9.87. The molecule has 1 atom stereocenters. The van der Waals surface area contributed by atoms with Gasteiger partial charge in [-0.1, -0.05) is 36.4 Å². The molecule has 0 aliphatic heterocycles. The number of rotatable bonds is 6. The minimum absolute atomic E-state index is 0.461. The van der Waals surface area contributed by atoms with Crippen LogP contribution in [0.4, 0.5) is 0 Å². The van der Waals surface area contributed by atoms with E-state index in [2.05, 4.69) is 46.7 Å². The van der Waals surface area contributed by atoms with Crippen molar-refractivity contribution in [2.24, 2.45) is 0 Å². The lowest BCUT2D eigenvalue weighted by molar-refractivity contribution is 0.306. The number of nitrogens with one attached hydrogen (secondary N) is 1. The van der Waals surface area contributed by atoms with Crippen LogP contribution in [0.3, 0.4) is 0 Å². The van der Waals surface area contributed by atoms with Crippen molar-refractivity contribution < 1.29 is 4.74 Å². The van der Waals surface area contributed by atoms with Crippen LogP contribution in [0.15, 0.2) is 73.1 Å². The Morgan fingerprint density at radius 1 is 0.923 bits per heavy atom. The summed E-state index contributed by atoms with van der Waals surface area (Å²) >= 11 is 0. The van der Waals surface area contributed by atoms with Crippen molar-refractivity contribution in [2.75, 3.05) is 0 Å². The second-order valence-corrected chi connectivity index (χ2v) is 6.81. The largest absolute Gasteiger partial charge is 0.489 e. The number of benzene rings is 2. The summed E-state index contributed by atoms with van der Waals surface area (Å²) in [5.74, 6) is 0.897. The molecule has 3 aromatic rings. The van der Waals surface area contributed by atoms with Gasteiger partial charge in [-0.3, -0.25) is 4.98 Å². The second-order valence-electron chi connectivity index (χ2n) is 6.81. The fourth-order valence-electron chi connectivity index (χ4n) is 3.56. The molecule has 0 unspecified atom stereocenters. The van der Waals surface area contributed by atoms with Crippen molar-refractivity contribution >= 4 is 0 Å². The number of fused-ring (bicyclic) bond motifs is 1. The van der Waals surface area contributed by atoms with Crippen LogP contribution in [0.25, 0.3) is 0 Å². The average molecular weight is 344 g/mol. The van der Waals surface area contributed by atoms with E-state index in [1.807, 2.05) is 24.3 Å². The van der Waals surface area contributed by atoms with Gasteiger partial charge in [0.15, 0.2) is 0 Å². The molecular weight excluding hydrogens is 320 g/mol. The van der Waals surface area contributed by atoms with Gasteiger partial charge in [0.25, 0.3) is 0 Å². The minimum Gasteiger partial charge on any atom is -0.489 e. The highest BCUT2D eigenvalue weighted by Crippen LogP contribution is 2.29. The molecule has 132 valence electrons. The highest BCUT2D eigenvalue weighted by Gasteiger charge is 2.18. The molecule has 0 saturated heterocycles. The smallest absolute Gasteiger partial charge is 0.119 e. The van der Waals surface area contributed by atoms with Crippen molar-refractivity contribution in [3.8, 4) is 5.75 Å². The molecule has 3 nitrogen and oxygen atoms in total. The number of aromatic nitrogens is 1. The number of aryl methyl sites for hydroxylation is 1. The molecule has 2 aromatic carbocycles. The maximum Gasteiger partial charge on any atom is 0.119 e. The van der Waals surface area contributed by atoms with E-state index in [9.17, 15) is 0 Å². The normalized spacial score (nSPS) is 16.1. The summed E-state index contributed by atoms with van der Waals surface area (Å²) in [5, 5.41) is 3.72. The first-order valence-corrected chi connectivity index (χ1v) is 9.30. The van der Waals surface area contributed by atoms with Crippen molar-refractivity contribution in [1.29, 1.82) is 0 Å². The Morgan fingerprint density at radius 3 is 2.58 bits per heavy atom. The van der Waals surface area contributed by atoms with Crippen molar-refractivity contribution in [3.05, 3.63) is 95.3 Å². The van der Waals surface area contributed by atoms with Crippen LogP contribution in [-0.4, -0.2) is 4.98 Å². The molecule has 0 bridgehead atoms. The summed E-state index contributed by atoms with van der Waals surface area (Å²) in [6, 6.07) is 21.6. The lowest BCUT2D eigenvalue weighted by Gasteiger charge is -2.26. The van der Waals surface area contributed by atoms with Crippen molar-refractivity contribution in [3.63, 3.8) is 0 Å². The molecule has 1 aliphatic carbocycles. The summed E-state index contributed by atoms with van der Waals surface area (Å²) in [6.45, 7) is 1.45. The van der Waals surface area contributed by atoms with Crippen LogP contribution in [0.2, 0.25) is 0 Å². The fraction of sp³-hybridized carbons (Fsp3) is 0.261. The van der Waals surface area contributed by atoms with Gasteiger partial charge in [-0.05, 0) is 65.8 Å². The van der Waals surface area contributed by atoms with Crippen LogP contribution in [0.5, 0.6) is 5.75 Å². The first kappa shape index (κ1) is 16.8. The molecule has 1 aliphatic rings. The van der Waals surface area contributed by atoms with Crippen molar-refractivity contribution in [1.82, 2.24) is 10.3 Å². The molecule has 0 radical (unpaired) electrons. The van der Waals surface area contributed by atoms with Gasteiger partial charge >= 0.3 is 0 Å². The molecule has 4 rings (SSSR count). The number of nitrogens with zero attached hydrogens (tertiary/aromatic N) is 1. The maximum atomic E-state index is 5.84. The standard InChI is InChI=1S/C23H24N2O/c1-2-6-22-20(4-1)5-3-7-23(22)25-16-18-8-10-21(11-9-18)26-17-19-12-14-24-15-13-19/h1-2,4,6,8-15,23,25H,3,5,7,16-17H2/t23-/m1/s1. The highest BCUT2D eigenvalue weighted by atomic mass is 16.5. The molecule has 1 aromatic heterocycles. The second kappa shape index (κ2) is 8.15. The molecule has 3 heteroatoms. The molecule has 0 amide bonds. The van der Waals surface area contributed by atoms with Crippen LogP contribution in [-0.2, 0) is 19.6 Å². The van der Waals surface area contributed by atoms with Gasteiger partial charge < -0.3 is 10.1 Å². The van der Waals surface area contributed by atoms with E-state index < -0.39 is 0 Å². The molecule has 0 spiro atoms. The van der Waals surface area contributed by atoms with Crippen molar-refractivity contribution in [2.45, 2.75) is 38.5 Å². The van der Waals surface area contributed by atoms with Gasteiger partial charge in [0, 0.05) is 25.0 Å². The zero-order valence-corrected chi connectivity index (χ0v) is 14.9. The molecule has 0 fully saturated rings. The van der Waals surface area contributed by atoms with Crippen LogP contribution >= 0.6 is 0 Å².